The molecule has 2 rings (SSSR count). The molecule has 2 aromatic rings. The van der Waals surface area contributed by atoms with E-state index in [4.69, 9.17) is 5.73 Å². The highest BCUT2D eigenvalue weighted by atomic mass is 19.1. The molecule has 0 heterocycles. The van der Waals surface area contributed by atoms with Gasteiger partial charge in [0.25, 0.3) is 5.91 Å². The molecular weight excluding hydrogens is 259 g/mol. The number of nitrogens with one attached hydrogen (secondary N) is 1. The van der Waals surface area contributed by atoms with Crippen molar-refractivity contribution in [3.63, 3.8) is 0 Å². The summed E-state index contributed by atoms with van der Waals surface area (Å²) in [6.45, 7) is 3.65. The summed E-state index contributed by atoms with van der Waals surface area (Å²) in [5.41, 5.74) is 8.69. The van der Waals surface area contributed by atoms with E-state index in [0.29, 0.717) is 11.4 Å². The van der Waals surface area contributed by atoms with Crippen LogP contribution in [0.4, 0.5) is 15.8 Å². The molecule has 0 aliphatic carbocycles. The second kappa shape index (κ2) is 5.21. The van der Waals surface area contributed by atoms with Gasteiger partial charge in [-0.25, -0.2) is 4.39 Å². The number of anilines is 2. The number of benzene rings is 2. The van der Waals surface area contributed by atoms with E-state index in [1.54, 1.807) is 12.1 Å². The van der Waals surface area contributed by atoms with Gasteiger partial charge in [-0.1, -0.05) is 0 Å². The van der Waals surface area contributed by atoms with E-state index in [9.17, 15) is 14.3 Å². The van der Waals surface area contributed by atoms with Crippen LogP contribution in [0.1, 0.15) is 21.5 Å². The second-order valence-corrected chi connectivity index (χ2v) is 4.64. The molecule has 0 atom stereocenters. The number of aromatic hydroxyl groups is 1. The number of phenols is 1. The molecule has 0 aliphatic rings. The minimum atomic E-state index is -0.599. The van der Waals surface area contributed by atoms with Gasteiger partial charge in [0.1, 0.15) is 11.6 Å². The van der Waals surface area contributed by atoms with Gasteiger partial charge in [-0.05, 0) is 49.2 Å². The van der Waals surface area contributed by atoms with Gasteiger partial charge in [0.05, 0.1) is 5.56 Å². The smallest absolute Gasteiger partial charge is 0.259 e. The summed E-state index contributed by atoms with van der Waals surface area (Å²) in [5, 5.41) is 12.3. The number of nitrogens with two attached hydrogens (primary N) is 1. The number of carbonyl (C=O) groups is 1. The van der Waals surface area contributed by atoms with Crippen LogP contribution in [0.15, 0.2) is 30.3 Å². The minimum absolute atomic E-state index is 0.0141. The molecule has 0 fully saturated rings. The van der Waals surface area contributed by atoms with Crippen LogP contribution < -0.4 is 11.1 Å². The topological polar surface area (TPSA) is 75.3 Å². The van der Waals surface area contributed by atoms with Crippen molar-refractivity contribution in [3.05, 3.63) is 52.8 Å². The molecule has 5 heteroatoms. The molecule has 20 heavy (non-hydrogen) atoms. The Kier molecular flexibility index (Phi) is 3.61. The van der Waals surface area contributed by atoms with Crippen LogP contribution in [0, 0.1) is 19.7 Å². The Balaban J connectivity index is 2.30. The third kappa shape index (κ3) is 2.71. The Morgan fingerprint density at radius 3 is 2.55 bits per heavy atom. The first kappa shape index (κ1) is 13.9. The van der Waals surface area contributed by atoms with Crippen LogP contribution in [0.2, 0.25) is 0 Å². The lowest BCUT2D eigenvalue weighted by molar-refractivity contribution is 0.102. The summed E-state index contributed by atoms with van der Waals surface area (Å²) in [4.78, 5) is 12.1. The van der Waals surface area contributed by atoms with E-state index in [0.717, 1.165) is 23.3 Å². The SMILES string of the molecule is Cc1cc(NC(=O)c2ccc(F)cc2O)c(C)cc1N. The summed E-state index contributed by atoms with van der Waals surface area (Å²) in [6.07, 6.45) is 0. The van der Waals surface area contributed by atoms with Crippen molar-refractivity contribution in [2.75, 3.05) is 11.1 Å². The predicted octanol–water partition coefficient (Wildman–Crippen LogP) is 2.98. The van der Waals surface area contributed by atoms with Gasteiger partial charge >= 0.3 is 0 Å². The first-order valence-corrected chi connectivity index (χ1v) is 6.05. The molecule has 0 saturated carbocycles. The molecule has 0 unspecified atom stereocenters. The molecule has 104 valence electrons. The Labute approximate surface area is 116 Å². The predicted molar refractivity (Wildman–Crippen MR) is 76.3 cm³/mol. The molecule has 0 radical (unpaired) electrons. The maximum absolute atomic E-state index is 12.9. The first-order valence-electron chi connectivity index (χ1n) is 6.05. The number of phenolic OH excluding ortho intramolecular Hbond substituents is 1. The number of aryl methyl sites for hydroxylation is 2. The molecule has 0 bridgehead atoms. The maximum Gasteiger partial charge on any atom is 0.259 e. The number of nitrogen functional groups attached to an aromatic ring is 1. The number of hydrogen-bond acceptors (Lipinski definition) is 3. The summed E-state index contributed by atoms with van der Waals surface area (Å²) in [6, 6.07) is 6.77. The van der Waals surface area contributed by atoms with Crippen LogP contribution in [-0.2, 0) is 0 Å². The lowest BCUT2D eigenvalue weighted by Crippen LogP contribution is -2.13. The Bertz CT molecular complexity index is 684. The number of carbonyl (C=O) groups excluding carboxylic acids is 1. The highest BCUT2D eigenvalue weighted by molar-refractivity contribution is 6.06. The third-order valence-electron chi connectivity index (χ3n) is 3.07. The van der Waals surface area contributed by atoms with E-state index in [1.807, 2.05) is 13.8 Å². The maximum atomic E-state index is 12.9. The van der Waals surface area contributed by atoms with E-state index >= 15 is 0 Å². The van der Waals surface area contributed by atoms with E-state index in [1.165, 1.54) is 6.07 Å². The molecule has 0 saturated heterocycles. The van der Waals surface area contributed by atoms with E-state index in [-0.39, 0.29) is 5.56 Å². The summed E-state index contributed by atoms with van der Waals surface area (Å²) in [5.74, 6) is -1.50. The fraction of sp³-hybridized carbons (Fsp3) is 0.133. The van der Waals surface area contributed by atoms with Gasteiger partial charge in [0.15, 0.2) is 0 Å². The molecule has 0 aromatic heterocycles. The normalized spacial score (nSPS) is 10.3. The van der Waals surface area contributed by atoms with Gasteiger partial charge in [-0.15, -0.1) is 0 Å². The van der Waals surface area contributed by atoms with Crippen molar-refractivity contribution < 1.29 is 14.3 Å². The van der Waals surface area contributed by atoms with Gasteiger partial charge in [0, 0.05) is 17.4 Å². The average Bonchev–Trinajstić information content (AvgIpc) is 2.35. The second-order valence-electron chi connectivity index (χ2n) is 4.64. The van der Waals surface area contributed by atoms with Crippen LogP contribution in [0.5, 0.6) is 5.75 Å². The molecule has 1 amide bonds. The Hall–Kier alpha value is -2.56. The Morgan fingerprint density at radius 1 is 1.20 bits per heavy atom. The molecule has 0 aliphatic heterocycles. The average molecular weight is 274 g/mol. The monoisotopic (exact) mass is 274 g/mol. The standard InChI is InChI=1S/C15H15FN2O2/c1-8-6-13(9(2)5-12(8)17)18-15(20)11-4-3-10(16)7-14(11)19/h3-7,19H,17H2,1-2H3,(H,18,20). The van der Waals surface area contributed by atoms with Gasteiger partial charge in [0.2, 0.25) is 0 Å². The lowest BCUT2D eigenvalue weighted by Gasteiger charge is -2.12. The molecule has 2 aromatic carbocycles. The van der Waals surface area contributed by atoms with Crippen molar-refractivity contribution in [2.24, 2.45) is 0 Å². The van der Waals surface area contributed by atoms with Crippen LogP contribution in [0.25, 0.3) is 0 Å². The first-order chi connectivity index (χ1) is 9.38. The van der Waals surface area contributed by atoms with Crippen molar-refractivity contribution in [1.82, 2.24) is 0 Å². The quantitative estimate of drug-likeness (QED) is 0.737. The minimum Gasteiger partial charge on any atom is -0.507 e. The third-order valence-corrected chi connectivity index (χ3v) is 3.07. The summed E-state index contributed by atoms with van der Waals surface area (Å²) in [7, 11) is 0. The number of rotatable bonds is 2. The Morgan fingerprint density at radius 2 is 1.90 bits per heavy atom. The zero-order valence-corrected chi connectivity index (χ0v) is 11.2. The fourth-order valence-electron chi connectivity index (χ4n) is 1.86. The molecular formula is C15H15FN2O2. The fourth-order valence-corrected chi connectivity index (χ4v) is 1.86. The van der Waals surface area contributed by atoms with Crippen molar-refractivity contribution >= 4 is 17.3 Å². The highest BCUT2D eigenvalue weighted by Gasteiger charge is 2.13. The molecule has 4 nitrogen and oxygen atoms in total. The van der Waals surface area contributed by atoms with Gasteiger partial charge < -0.3 is 16.2 Å². The van der Waals surface area contributed by atoms with Crippen molar-refractivity contribution in [1.29, 1.82) is 0 Å². The van der Waals surface area contributed by atoms with E-state index in [2.05, 4.69) is 5.32 Å². The number of hydrogen-bond donors (Lipinski definition) is 3. The summed E-state index contributed by atoms with van der Waals surface area (Å²) >= 11 is 0. The highest BCUT2D eigenvalue weighted by Crippen LogP contribution is 2.24. The zero-order valence-electron chi connectivity index (χ0n) is 11.2. The van der Waals surface area contributed by atoms with Gasteiger partial charge in [-0.2, -0.15) is 0 Å². The van der Waals surface area contributed by atoms with E-state index < -0.39 is 17.5 Å². The van der Waals surface area contributed by atoms with Crippen molar-refractivity contribution in [2.45, 2.75) is 13.8 Å². The lowest BCUT2D eigenvalue weighted by atomic mass is 10.1. The number of amides is 1. The molecule has 4 N–H and O–H groups in total. The number of halogens is 1. The van der Waals surface area contributed by atoms with Crippen LogP contribution in [-0.4, -0.2) is 11.0 Å². The summed E-state index contributed by atoms with van der Waals surface area (Å²) < 4.78 is 12.9. The molecule has 0 spiro atoms. The van der Waals surface area contributed by atoms with Gasteiger partial charge in [-0.3, -0.25) is 4.79 Å². The zero-order chi connectivity index (χ0) is 14.9. The van der Waals surface area contributed by atoms with Crippen molar-refractivity contribution in [3.8, 4) is 5.75 Å². The van der Waals surface area contributed by atoms with Crippen LogP contribution >= 0.6 is 0 Å². The largest absolute Gasteiger partial charge is 0.507 e. The van der Waals surface area contributed by atoms with Crippen LogP contribution in [0.3, 0.4) is 0 Å².